The summed E-state index contributed by atoms with van der Waals surface area (Å²) >= 11 is 3.10. The van der Waals surface area contributed by atoms with Crippen LogP contribution in [0.4, 0.5) is 0 Å². The van der Waals surface area contributed by atoms with Crippen molar-refractivity contribution in [2.24, 2.45) is 0 Å². The van der Waals surface area contributed by atoms with E-state index in [1.807, 2.05) is 29.8 Å². The summed E-state index contributed by atoms with van der Waals surface area (Å²) in [5, 5.41) is 7.87. The summed E-state index contributed by atoms with van der Waals surface area (Å²) in [5.41, 5.74) is 4.69. The van der Waals surface area contributed by atoms with Crippen LogP contribution in [0.15, 0.2) is 40.8 Å². The lowest BCUT2D eigenvalue weighted by molar-refractivity contribution is -0.121. The molecule has 0 aliphatic heterocycles. The highest BCUT2D eigenvalue weighted by Gasteiger charge is 2.14. The minimum atomic E-state index is -0.0986. The number of carbonyl (C=O) groups excluding carboxylic acids is 1. The van der Waals surface area contributed by atoms with Gasteiger partial charge in [-0.15, -0.1) is 22.7 Å². The molecule has 5 nitrogen and oxygen atoms in total. The fraction of sp³-hybridized carbons (Fsp3) is 0.250. The van der Waals surface area contributed by atoms with Crippen LogP contribution in [0.3, 0.4) is 0 Å². The van der Waals surface area contributed by atoms with Crippen LogP contribution in [0.25, 0.3) is 11.3 Å². The van der Waals surface area contributed by atoms with Gasteiger partial charge in [-0.25, -0.2) is 9.97 Å². The van der Waals surface area contributed by atoms with Crippen LogP contribution < -0.4 is 5.32 Å². The average Bonchev–Trinajstić information content (AvgIpc) is 3.25. The van der Waals surface area contributed by atoms with E-state index in [1.165, 1.54) is 0 Å². The Morgan fingerprint density at radius 3 is 2.87 bits per heavy atom. The molecule has 3 heterocycles. The number of hydrogen-bond acceptors (Lipinski definition) is 6. The van der Waals surface area contributed by atoms with E-state index in [0.29, 0.717) is 12.8 Å². The molecular weight excluding hydrogens is 328 g/mol. The fourth-order valence-corrected chi connectivity index (χ4v) is 3.55. The van der Waals surface area contributed by atoms with Crippen LogP contribution in [0.1, 0.15) is 30.1 Å². The molecule has 0 fully saturated rings. The Morgan fingerprint density at radius 1 is 1.30 bits per heavy atom. The van der Waals surface area contributed by atoms with E-state index >= 15 is 0 Å². The molecule has 0 aliphatic carbocycles. The van der Waals surface area contributed by atoms with Gasteiger partial charge in [-0.3, -0.25) is 9.78 Å². The summed E-state index contributed by atoms with van der Waals surface area (Å²) < 4.78 is 0. The molecule has 118 valence electrons. The topological polar surface area (TPSA) is 67.8 Å². The van der Waals surface area contributed by atoms with Crippen molar-refractivity contribution in [3.8, 4) is 11.3 Å². The minimum absolute atomic E-state index is 0.0196. The molecule has 0 aromatic carbocycles. The number of rotatable bonds is 6. The maximum atomic E-state index is 12.0. The highest BCUT2D eigenvalue weighted by Crippen LogP contribution is 2.25. The Hall–Kier alpha value is -2.12. The van der Waals surface area contributed by atoms with Gasteiger partial charge in [0.2, 0.25) is 5.91 Å². The summed E-state index contributed by atoms with van der Waals surface area (Å²) in [4.78, 5) is 24.8. The number of aryl methyl sites for hydroxylation is 1. The van der Waals surface area contributed by atoms with Crippen LogP contribution in [0.2, 0.25) is 0 Å². The van der Waals surface area contributed by atoms with Gasteiger partial charge >= 0.3 is 0 Å². The largest absolute Gasteiger partial charge is 0.347 e. The predicted molar refractivity (Wildman–Crippen MR) is 92.3 cm³/mol. The summed E-state index contributed by atoms with van der Waals surface area (Å²) in [6, 6.07) is 3.75. The Morgan fingerprint density at radius 2 is 2.13 bits per heavy atom. The van der Waals surface area contributed by atoms with Crippen LogP contribution >= 0.6 is 22.7 Å². The lowest BCUT2D eigenvalue weighted by Gasteiger charge is -2.10. The van der Waals surface area contributed by atoms with Crippen molar-refractivity contribution < 1.29 is 4.79 Å². The second kappa shape index (κ2) is 7.43. The molecule has 1 amide bonds. The lowest BCUT2D eigenvalue weighted by Crippen LogP contribution is -2.26. The molecule has 0 saturated carbocycles. The van der Waals surface area contributed by atoms with Crippen LogP contribution in [0, 0.1) is 0 Å². The zero-order chi connectivity index (χ0) is 16.1. The van der Waals surface area contributed by atoms with Gasteiger partial charge in [0.1, 0.15) is 5.01 Å². The van der Waals surface area contributed by atoms with E-state index in [2.05, 4.69) is 20.3 Å². The highest BCUT2D eigenvalue weighted by molar-refractivity contribution is 7.10. The fourth-order valence-electron chi connectivity index (χ4n) is 2.12. The molecular formula is C16H16N4OS2. The molecule has 0 saturated heterocycles. The molecule has 0 bridgehead atoms. The Kier molecular flexibility index (Phi) is 5.09. The summed E-state index contributed by atoms with van der Waals surface area (Å²) in [7, 11) is 0. The SMILES string of the molecule is CC(NC(=O)CCc1cscn1)c1nc(-c2ccncc2)cs1. The maximum Gasteiger partial charge on any atom is 0.220 e. The van der Waals surface area contributed by atoms with Gasteiger partial charge in [0.05, 0.1) is 22.9 Å². The second-order valence-electron chi connectivity index (χ2n) is 5.08. The second-order valence-corrected chi connectivity index (χ2v) is 6.68. The number of nitrogens with one attached hydrogen (secondary N) is 1. The van der Waals surface area contributed by atoms with Gasteiger partial charge in [0, 0.05) is 35.1 Å². The average molecular weight is 344 g/mol. The summed E-state index contributed by atoms with van der Waals surface area (Å²) in [6.07, 6.45) is 4.61. The van der Waals surface area contributed by atoms with E-state index in [9.17, 15) is 4.79 Å². The third-order valence-electron chi connectivity index (χ3n) is 3.34. The first kappa shape index (κ1) is 15.8. The summed E-state index contributed by atoms with van der Waals surface area (Å²) in [6.45, 7) is 1.95. The quantitative estimate of drug-likeness (QED) is 0.743. The number of carbonyl (C=O) groups is 1. The molecule has 3 aromatic rings. The van der Waals surface area contributed by atoms with Crippen LogP contribution in [-0.2, 0) is 11.2 Å². The highest BCUT2D eigenvalue weighted by atomic mass is 32.1. The first-order valence-corrected chi connectivity index (χ1v) is 9.07. The molecule has 7 heteroatoms. The third kappa shape index (κ3) is 4.20. The normalized spacial score (nSPS) is 12.0. The van der Waals surface area contributed by atoms with Gasteiger partial charge in [0.25, 0.3) is 0 Å². The van der Waals surface area contributed by atoms with Crippen LogP contribution in [0.5, 0.6) is 0 Å². The summed E-state index contributed by atoms with van der Waals surface area (Å²) in [5.74, 6) is 0.0196. The Bertz CT molecular complexity index is 756. The van der Waals surface area contributed by atoms with Crippen molar-refractivity contribution in [1.82, 2.24) is 20.3 Å². The maximum absolute atomic E-state index is 12.0. The molecule has 1 atom stereocenters. The monoisotopic (exact) mass is 344 g/mol. The van der Waals surface area contributed by atoms with Gasteiger partial charge in [-0.1, -0.05) is 0 Å². The number of nitrogens with zero attached hydrogens (tertiary/aromatic N) is 3. The minimum Gasteiger partial charge on any atom is -0.347 e. The van der Waals surface area contributed by atoms with E-state index in [4.69, 9.17) is 0 Å². The first-order chi connectivity index (χ1) is 11.2. The number of aromatic nitrogens is 3. The van der Waals surface area contributed by atoms with Crippen LogP contribution in [-0.4, -0.2) is 20.9 Å². The molecule has 0 spiro atoms. The number of amides is 1. The van der Waals surface area contributed by atoms with E-state index in [1.54, 1.807) is 40.6 Å². The number of thiazole rings is 2. The van der Waals surface area contributed by atoms with Crippen molar-refractivity contribution in [3.05, 3.63) is 51.5 Å². The van der Waals surface area contributed by atoms with Gasteiger partial charge in [0.15, 0.2) is 0 Å². The van der Waals surface area contributed by atoms with E-state index < -0.39 is 0 Å². The van der Waals surface area contributed by atoms with Crippen molar-refractivity contribution in [2.75, 3.05) is 0 Å². The number of hydrogen-bond donors (Lipinski definition) is 1. The standard InChI is InChI=1S/C16H16N4OS2/c1-11(19-15(21)3-2-13-8-22-10-18-13)16-20-14(9-23-16)12-4-6-17-7-5-12/h4-11H,2-3H2,1H3,(H,19,21). The predicted octanol–water partition coefficient (Wildman–Crippen LogP) is 3.47. The molecule has 0 radical (unpaired) electrons. The van der Waals surface area contributed by atoms with Crippen molar-refractivity contribution in [2.45, 2.75) is 25.8 Å². The third-order valence-corrected chi connectivity index (χ3v) is 5.00. The van der Waals surface area contributed by atoms with Gasteiger partial charge < -0.3 is 5.32 Å². The van der Waals surface area contributed by atoms with Crippen molar-refractivity contribution in [3.63, 3.8) is 0 Å². The molecule has 0 aliphatic rings. The van der Waals surface area contributed by atoms with E-state index in [0.717, 1.165) is 22.0 Å². The molecule has 23 heavy (non-hydrogen) atoms. The molecule has 1 unspecified atom stereocenters. The molecule has 3 rings (SSSR count). The zero-order valence-electron chi connectivity index (χ0n) is 12.6. The van der Waals surface area contributed by atoms with Crippen molar-refractivity contribution >= 4 is 28.6 Å². The van der Waals surface area contributed by atoms with E-state index in [-0.39, 0.29) is 11.9 Å². The number of pyridine rings is 1. The Balaban J connectivity index is 1.57. The first-order valence-electron chi connectivity index (χ1n) is 7.24. The molecule has 1 N–H and O–H groups in total. The Labute approximate surface area is 142 Å². The zero-order valence-corrected chi connectivity index (χ0v) is 14.2. The smallest absolute Gasteiger partial charge is 0.220 e. The lowest BCUT2D eigenvalue weighted by atomic mass is 10.2. The molecule has 3 aromatic heterocycles. The van der Waals surface area contributed by atoms with Gasteiger partial charge in [-0.2, -0.15) is 0 Å². The van der Waals surface area contributed by atoms with Gasteiger partial charge in [-0.05, 0) is 25.5 Å². The van der Waals surface area contributed by atoms with Crippen molar-refractivity contribution in [1.29, 1.82) is 0 Å².